The average Bonchev–Trinajstić information content (AvgIpc) is 2.71. The number of carbonyl (C=O) groups is 2. The van der Waals surface area contributed by atoms with Crippen LogP contribution in [0.4, 0.5) is 0 Å². The van der Waals surface area contributed by atoms with Crippen molar-refractivity contribution in [3.05, 3.63) is 42.5 Å². The smallest absolute Gasteiger partial charge is 0.279 e. The van der Waals surface area contributed by atoms with Crippen LogP contribution in [-0.4, -0.2) is 23.0 Å². The van der Waals surface area contributed by atoms with Gasteiger partial charge in [0.05, 0.1) is 0 Å². The first-order valence-corrected chi connectivity index (χ1v) is 10.5. The Morgan fingerprint density at radius 1 is 1.00 bits per heavy atom. The standard InChI is InChI=1S/C22H29N3O3S/c1-3-4-5-6-7-12-20(26)23-22(29)25-24-21(27)16(2)28-19-14-13-17-10-8-9-11-18(17)15-19/h8-11,13-16H,3-7,12H2,1-2H3,(H,24,27)(H2,23,25,26,29)/t16-/m1/s1. The summed E-state index contributed by atoms with van der Waals surface area (Å²) in [5.41, 5.74) is 5.00. The molecule has 2 rings (SSSR count). The SMILES string of the molecule is CCCCCCCC(=O)NC(=S)NNC(=O)[C@@H](C)Oc1ccc2ccccc2c1. The minimum atomic E-state index is -0.735. The van der Waals surface area contributed by atoms with Gasteiger partial charge in [-0.2, -0.15) is 0 Å². The van der Waals surface area contributed by atoms with E-state index >= 15 is 0 Å². The molecule has 2 aromatic rings. The van der Waals surface area contributed by atoms with Crippen LogP contribution in [0.5, 0.6) is 5.75 Å². The molecule has 0 spiro atoms. The minimum Gasteiger partial charge on any atom is -0.481 e. The lowest BCUT2D eigenvalue weighted by molar-refractivity contribution is -0.128. The Hall–Kier alpha value is -2.67. The van der Waals surface area contributed by atoms with Crippen molar-refractivity contribution in [1.29, 1.82) is 0 Å². The van der Waals surface area contributed by atoms with Crippen LogP contribution in [0.15, 0.2) is 42.5 Å². The predicted molar refractivity (Wildman–Crippen MR) is 119 cm³/mol. The van der Waals surface area contributed by atoms with Gasteiger partial charge < -0.3 is 10.1 Å². The first kappa shape index (κ1) is 22.6. The Morgan fingerprint density at radius 3 is 2.48 bits per heavy atom. The number of ether oxygens (including phenoxy) is 1. The molecule has 0 saturated heterocycles. The lowest BCUT2D eigenvalue weighted by atomic mass is 10.1. The normalized spacial score (nSPS) is 11.5. The van der Waals surface area contributed by atoms with Crippen LogP contribution in [0.2, 0.25) is 0 Å². The van der Waals surface area contributed by atoms with E-state index in [4.69, 9.17) is 17.0 Å². The Morgan fingerprint density at radius 2 is 1.72 bits per heavy atom. The van der Waals surface area contributed by atoms with E-state index in [0.29, 0.717) is 12.2 Å². The lowest BCUT2D eigenvalue weighted by Crippen LogP contribution is -2.51. The van der Waals surface area contributed by atoms with Gasteiger partial charge in [0.2, 0.25) is 5.91 Å². The maximum atomic E-state index is 12.2. The molecule has 0 radical (unpaired) electrons. The summed E-state index contributed by atoms with van der Waals surface area (Å²) in [6.07, 6.45) is 5.04. The van der Waals surface area contributed by atoms with Gasteiger partial charge in [0.15, 0.2) is 11.2 Å². The molecule has 0 aliphatic carbocycles. The minimum absolute atomic E-state index is 0.0646. The highest BCUT2D eigenvalue weighted by Gasteiger charge is 2.15. The average molecular weight is 416 g/mol. The zero-order valence-electron chi connectivity index (χ0n) is 17.0. The summed E-state index contributed by atoms with van der Waals surface area (Å²) in [7, 11) is 0. The summed E-state index contributed by atoms with van der Waals surface area (Å²) in [4.78, 5) is 24.0. The van der Waals surface area contributed by atoms with Gasteiger partial charge in [0, 0.05) is 6.42 Å². The number of hydrazine groups is 1. The van der Waals surface area contributed by atoms with E-state index in [-0.39, 0.29) is 11.0 Å². The topological polar surface area (TPSA) is 79.5 Å². The third kappa shape index (κ3) is 8.07. The van der Waals surface area contributed by atoms with Gasteiger partial charge in [-0.15, -0.1) is 0 Å². The fraction of sp³-hybridized carbons (Fsp3) is 0.409. The summed E-state index contributed by atoms with van der Waals surface area (Å²) < 4.78 is 5.70. The lowest BCUT2D eigenvalue weighted by Gasteiger charge is -2.16. The molecule has 0 saturated carbocycles. The third-order valence-corrected chi connectivity index (χ3v) is 4.67. The first-order chi connectivity index (χ1) is 14.0. The van der Waals surface area contributed by atoms with Gasteiger partial charge in [0.25, 0.3) is 5.91 Å². The van der Waals surface area contributed by atoms with E-state index in [0.717, 1.165) is 30.0 Å². The van der Waals surface area contributed by atoms with Crippen LogP contribution < -0.4 is 20.9 Å². The van der Waals surface area contributed by atoms with Crippen molar-refractivity contribution in [2.45, 2.75) is 58.5 Å². The van der Waals surface area contributed by atoms with E-state index in [9.17, 15) is 9.59 Å². The number of carbonyl (C=O) groups excluding carboxylic acids is 2. The van der Waals surface area contributed by atoms with Crippen LogP contribution in [-0.2, 0) is 9.59 Å². The largest absolute Gasteiger partial charge is 0.481 e. The molecule has 3 N–H and O–H groups in total. The molecule has 2 amide bonds. The Balaban J connectivity index is 1.70. The molecule has 0 bridgehead atoms. The molecule has 6 nitrogen and oxygen atoms in total. The fourth-order valence-corrected chi connectivity index (χ4v) is 2.99. The number of thiocarbonyl (C=S) groups is 1. The molecule has 0 aliphatic heterocycles. The van der Waals surface area contributed by atoms with Crippen molar-refractivity contribution in [2.24, 2.45) is 0 Å². The quantitative estimate of drug-likeness (QED) is 0.328. The predicted octanol–water partition coefficient (Wildman–Crippen LogP) is 3.99. The van der Waals surface area contributed by atoms with Crippen LogP contribution in [0.25, 0.3) is 10.8 Å². The zero-order valence-corrected chi connectivity index (χ0v) is 17.8. The molecule has 2 aromatic carbocycles. The zero-order chi connectivity index (χ0) is 21.1. The summed E-state index contributed by atoms with van der Waals surface area (Å²) in [6.45, 7) is 3.79. The highest BCUT2D eigenvalue weighted by atomic mass is 32.1. The number of hydrogen-bond donors (Lipinski definition) is 3. The first-order valence-electron chi connectivity index (χ1n) is 10.0. The molecular formula is C22H29N3O3S. The molecule has 0 heterocycles. The van der Waals surface area contributed by atoms with E-state index < -0.39 is 12.0 Å². The van der Waals surface area contributed by atoms with Gasteiger partial charge in [-0.3, -0.25) is 20.4 Å². The number of unbranched alkanes of at least 4 members (excludes halogenated alkanes) is 4. The number of benzene rings is 2. The van der Waals surface area contributed by atoms with Crippen LogP contribution >= 0.6 is 12.2 Å². The van der Waals surface area contributed by atoms with Crippen molar-refractivity contribution in [3.8, 4) is 5.75 Å². The summed E-state index contributed by atoms with van der Waals surface area (Å²) in [6, 6.07) is 13.6. The number of rotatable bonds is 9. The summed E-state index contributed by atoms with van der Waals surface area (Å²) >= 11 is 5.04. The fourth-order valence-electron chi connectivity index (χ4n) is 2.83. The Labute approximate surface area is 177 Å². The molecule has 0 fully saturated rings. The van der Waals surface area contributed by atoms with Gasteiger partial charge >= 0.3 is 0 Å². The molecule has 7 heteroatoms. The van der Waals surface area contributed by atoms with E-state index in [2.05, 4.69) is 23.1 Å². The number of fused-ring (bicyclic) bond motifs is 1. The molecule has 1 atom stereocenters. The highest BCUT2D eigenvalue weighted by Crippen LogP contribution is 2.21. The van der Waals surface area contributed by atoms with Gasteiger partial charge in [-0.25, -0.2) is 0 Å². The summed E-state index contributed by atoms with van der Waals surface area (Å²) in [5.74, 6) is 0.0494. The number of nitrogens with one attached hydrogen (secondary N) is 3. The van der Waals surface area contributed by atoms with Crippen molar-refractivity contribution in [3.63, 3.8) is 0 Å². The van der Waals surface area contributed by atoms with Crippen molar-refractivity contribution < 1.29 is 14.3 Å². The molecule has 0 unspecified atom stereocenters. The number of hydrogen-bond acceptors (Lipinski definition) is 4. The third-order valence-electron chi connectivity index (χ3n) is 4.46. The van der Waals surface area contributed by atoms with E-state index in [1.807, 2.05) is 42.5 Å². The maximum Gasteiger partial charge on any atom is 0.279 e. The monoisotopic (exact) mass is 415 g/mol. The Kier molecular flexibility index (Phi) is 9.37. The van der Waals surface area contributed by atoms with Gasteiger partial charge in [0.1, 0.15) is 5.75 Å². The van der Waals surface area contributed by atoms with Gasteiger partial charge in [-0.1, -0.05) is 62.9 Å². The molecule has 156 valence electrons. The highest BCUT2D eigenvalue weighted by molar-refractivity contribution is 7.80. The molecule has 0 aliphatic rings. The number of amides is 2. The second kappa shape index (κ2) is 12.0. The van der Waals surface area contributed by atoms with Gasteiger partial charge in [-0.05, 0) is 48.5 Å². The maximum absolute atomic E-state index is 12.2. The second-order valence-corrected chi connectivity index (χ2v) is 7.33. The van der Waals surface area contributed by atoms with Crippen LogP contribution in [0.3, 0.4) is 0 Å². The van der Waals surface area contributed by atoms with Crippen molar-refractivity contribution in [2.75, 3.05) is 0 Å². The van der Waals surface area contributed by atoms with E-state index in [1.165, 1.54) is 12.8 Å². The second-order valence-electron chi connectivity index (χ2n) is 6.92. The van der Waals surface area contributed by atoms with Crippen LogP contribution in [0, 0.1) is 0 Å². The molecule has 0 aromatic heterocycles. The van der Waals surface area contributed by atoms with E-state index in [1.54, 1.807) is 6.92 Å². The Bertz CT molecular complexity index is 841. The van der Waals surface area contributed by atoms with Crippen LogP contribution in [0.1, 0.15) is 52.4 Å². The van der Waals surface area contributed by atoms with Crippen molar-refractivity contribution in [1.82, 2.24) is 16.2 Å². The molecule has 29 heavy (non-hydrogen) atoms. The molecular weight excluding hydrogens is 386 g/mol. The van der Waals surface area contributed by atoms with Crippen molar-refractivity contribution >= 4 is 39.9 Å². The summed E-state index contributed by atoms with van der Waals surface area (Å²) in [5, 5.41) is 4.76.